The molecule has 0 aromatic heterocycles. The van der Waals surface area contributed by atoms with E-state index in [2.05, 4.69) is 0 Å². The third kappa shape index (κ3) is 5.74. The molecule has 0 atom stereocenters. The summed E-state index contributed by atoms with van der Waals surface area (Å²) in [6.45, 7) is 2.47. The van der Waals surface area contributed by atoms with Gasteiger partial charge in [0.25, 0.3) is 0 Å². The maximum absolute atomic E-state index is 10.7. The summed E-state index contributed by atoms with van der Waals surface area (Å²) in [5.74, 6) is 1.47. The van der Waals surface area contributed by atoms with Gasteiger partial charge in [0, 0.05) is 0 Å². The number of carboxylic acids is 1. The van der Waals surface area contributed by atoms with E-state index < -0.39 is 5.97 Å². The predicted octanol–water partition coefficient (Wildman–Crippen LogP) is 5.59. The van der Waals surface area contributed by atoms with Crippen LogP contribution in [0.15, 0.2) is 84.9 Å². The lowest BCUT2D eigenvalue weighted by Gasteiger charge is -2.08. The van der Waals surface area contributed by atoms with Gasteiger partial charge in [-0.05, 0) is 66.1 Å². The number of carbonyl (C=O) groups is 1. The van der Waals surface area contributed by atoms with E-state index in [9.17, 15) is 4.79 Å². The number of allylic oxidation sites excluding steroid dienone is 1. The highest BCUT2D eigenvalue weighted by Gasteiger charge is 2.02. The van der Waals surface area contributed by atoms with Gasteiger partial charge in [-0.1, -0.05) is 42.5 Å². The third-order valence-corrected chi connectivity index (χ3v) is 4.21. The Morgan fingerprint density at radius 1 is 0.857 bits per heavy atom. The number of hydrogen-bond acceptors (Lipinski definition) is 3. The molecule has 3 aromatic rings. The number of para-hydroxylation sites is 1. The first kappa shape index (κ1) is 19.2. The SMILES string of the molecule is C/C(=C/COc1ccc(CC(=O)O)cc1)c1ccc(Oc2ccccc2)cc1. The van der Waals surface area contributed by atoms with E-state index in [0.717, 1.165) is 28.2 Å². The van der Waals surface area contributed by atoms with E-state index in [4.69, 9.17) is 14.6 Å². The second kappa shape index (κ2) is 9.42. The van der Waals surface area contributed by atoms with E-state index in [0.29, 0.717) is 12.4 Å². The zero-order chi connectivity index (χ0) is 19.8. The summed E-state index contributed by atoms with van der Waals surface area (Å²) in [6.07, 6.45) is 2.03. The molecular formula is C24H22O4. The number of benzene rings is 3. The van der Waals surface area contributed by atoms with Crippen LogP contribution in [0.4, 0.5) is 0 Å². The van der Waals surface area contributed by atoms with Crippen molar-refractivity contribution in [3.63, 3.8) is 0 Å². The van der Waals surface area contributed by atoms with Crippen molar-refractivity contribution in [2.24, 2.45) is 0 Å². The van der Waals surface area contributed by atoms with Crippen LogP contribution in [0.25, 0.3) is 5.57 Å². The predicted molar refractivity (Wildman–Crippen MR) is 110 cm³/mol. The largest absolute Gasteiger partial charge is 0.490 e. The molecule has 142 valence electrons. The van der Waals surface area contributed by atoms with Crippen LogP contribution in [0, 0.1) is 0 Å². The Hall–Kier alpha value is -3.53. The molecule has 0 spiro atoms. The molecule has 0 heterocycles. The molecule has 1 N–H and O–H groups in total. The fraction of sp³-hybridized carbons (Fsp3) is 0.125. The summed E-state index contributed by atoms with van der Waals surface area (Å²) in [5.41, 5.74) is 2.96. The first-order valence-corrected chi connectivity index (χ1v) is 9.04. The number of rotatable bonds is 8. The van der Waals surface area contributed by atoms with Crippen molar-refractivity contribution in [3.05, 3.63) is 96.1 Å². The molecule has 0 unspecified atom stereocenters. The van der Waals surface area contributed by atoms with E-state index >= 15 is 0 Å². The minimum atomic E-state index is -0.840. The van der Waals surface area contributed by atoms with Gasteiger partial charge in [-0.2, -0.15) is 0 Å². The maximum Gasteiger partial charge on any atom is 0.307 e. The van der Waals surface area contributed by atoms with Crippen LogP contribution in [0.5, 0.6) is 17.2 Å². The topological polar surface area (TPSA) is 55.8 Å². The van der Waals surface area contributed by atoms with Gasteiger partial charge in [-0.3, -0.25) is 4.79 Å². The summed E-state index contributed by atoms with van der Waals surface area (Å²) >= 11 is 0. The molecule has 0 fully saturated rings. The fourth-order valence-electron chi connectivity index (χ4n) is 2.67. The Bertz CT molecular complexity index is 927. The lowest BCUT2D eigenvalue weighted by atomic mass is 10.1. The lowest BCUT2D eigenvalue weighted by molar-refractivity contribution is -0.136. The molecule has 0 saturated carbocycles. The standard InChI is InChI=1S/C24H22O4/c1-18(15-16-27-21-11-7-19(8-12-21)17-24(25)26)20-9-13-23(14-10-20)28-22-5-3-2-4-6-22/h2-15H,16-17H2,1H3,(H,25,26)/b18-15-. The number of aliphatic carboxylic acids is 1. The van der Waals surface area contributed by atoms with Gasteiger partial charge in [-0.15, -0.1) is 0 Å². The van der Waals surface area contributed by atoms with Crippen LogP contribution < -0.4 is 9.47 Å². The Labute approximate surface area is 164 Å². The molecule has 0 aliphatic rings. The van der Waals surface area contributed by atoms with Crippen LogP contribution >= 0.6 is 0 Å². The van der Waals surface area contributed by atoms with Gasteiger partial charge in [0.2, 0.25) is 0 Å². The van der Waals surface area contributed by atoms with Crippen molar-refractivity contribution in [2.75, 3.05) is 6.61 Å². The number of carboxylic acid groups (broad SMARTS) is 1. The highest BCUT2D eigenvalue weighted by molar-refractivity contribution is 5.70. The molecule has 3 aromatic carbocycles. The van der Waals surface area contributed by atoms with Crippen LogP contribution in [0.3, 0.4) is 0 Å². The quantitative estimate of drug-likeness (QED) is 0.558. The Morgan fingerprint density at radius 3 is 2.11 bits per heavy atom. The minimum Gasteiger partial charge on any atom is -0.490 e. The molecule has 0 aliphatic heterocycles. The van der Waals surface area contributed by atoms with E-state index in [1.54, 1.807) is 24.3 Å². The zero-order valence-electron chi connectivity index (χ0n) is 15.7. The summed E-state index contributed by atoms with van der Waals surface area (Å²) in [7, 11) is 0. The van der Waals surface area contributed by atoms with Gasteiger partial charge in [0.1, 0.15) is 23.9 Å². The molecule has 0 amide bonds. The normalized spacial score (nSPS) is 11.1. The third-order valence-electron chi connectivity index (χ3n) is 4.21. The highest BCUT2D eigenvalue weighted by Crippen LogP contribution is 2.23. The Kier molecular flexibility index (Phi) is 6.47. The average Bonchev–Trinajstić information content (AvgIpc) is 2.70. The molecule has 0 bridgehead atoms. The van der Waals surface area contributed by atoms with Crippen molar-refractivity contribution in [1.29, 1.82) is 0 Å². The van der Waals surface area contributed by atoms with E-state index in [1.807, 2.05) is 67.6 Å². The molecule has 0 aliphatic carbocycles. The molecule has 28 heavy (non-hydrogen) atoms. The molecule has 4 nitrogen and oxygen atoms in total. The maximum atomic E-state index is 10.7. The van der Waals surface area contributed by atoms with E-state index in [-0.39, 0.29) is 6.42 Å². The summed E-state index contributed by atoms with van der Waals surface area (Å²) in [5, 5.41) is 8.79. The first-order chi connectivity index (χ1) is 13.6. The van der Waals surface area contributed by atoms with Crippen LogP contribution in [0.2, 0.25) is 0 Å². The van der Waals surface area contributed by atoms with Crippen molar-refractivity contribution >= 4 is 11.5 Å². The fourth-order valence-corrected chi connectivity index (χ4v) is 2.67. The van der Waals surface area contributed by atoms with Gasteiger partial charge >= 0.3 is 5.97 Å². The second-order valence-corrected chi connectivity index (χ2v) is 6.35. The van der Waals surface area contributed by atoms with Gasteiger partial charge < -0.3 is 14.6 Å². The van der Waals surface area contributed by atoms with Gasteiger partial charge in [0.05, 0.1) is 6.42 Å². The summed E-state index contributed by atoms with van der Waals surface area (Å²) < 4.78 is 11.5. The second-order valence-electron chi connectivity index (χ2n) is 6.35. The van der Waals surface area contributed by atoms with E-state index in [1.165, 1.54) is 0 Å². The Morgan fingerprint density at radius 2 is 1.46 bits per heavy atom. The average molecular weight is 374 g/mol. The zero-order valence-corrected chi connectivity index (χ0v) is 15.7. The number of hydrogen-bond donors (Lipinski definition) is 1. The van der Waals surface area contributed by atoms with Crippen LogP contribution in [-0.4, -0.2) is 17.7 Å². The Balaban J connectivity index is 1.54. The van der Waals surface area contributed by atoms with Gasteiger partial charge in [0.15, 0.2) is 0 Å². The summed E-state index contributed by atoms with van der Waals surface area (Å²) in [6, 6.07) is 24.7. The van der Waals surface area contributed by atoms with Crippen LogP contribution in [-0.2, 0) is 11.2 Å². The number of ether oxygens (including phenoxy) is 2. The molecule has 0 radical (unpaired) electrons. The minimum absolute atomic E-state index is 0.0171. The molecule has 0 saturated heterocycles. The van der Waals surface area contributed by atoms with Crippen molar-refractivity contribution in [3.8, 4) is 17.2 Å². The van der Waals surface area contributed by atoms with Crippen molar-refractivity contribution in [1.82, 2.24) is 0 Å². The van der Waals surface area contributed by atoms with Crippen molar-refractivity contribution < 1.29 is 19.4 Å². The molecule has 4 heteroatoms. The smallest absolute Gasteiger partial charge is 0.307 e. The van der Waals surface area contributed by atoms with Crippen molar-refractivity contribution in [2.45, 2.75) is 13.3 Å². The first-order valence-electron chi connectivity index (χ1n) is 9.04. The molecule has 3 rings (SSSR count). The lowest BCUT2D eigenvalue weighted by Crippen LogP contribution is -2.00. The summed E-state index contributed by atoms with van der Waals surface area (Å²) in [4.78, 5) is 10.7. The van der Waals surface area contributed by atoms with Crippen LogP contribution in [0.1, 0.15) is 18.1 Å². The molecular weight excluding hydrogens is 352 g/mol. The monoisotopic (exact) mass is 374 g/mol. The van der Waals surface area contributed by atoms with Gasteiger partial charge in [-0.25, -0.2) is 0 Å². The highest BCUT2D eigenvalue weighted by atomic mass is 16.5.